The molecule has 0 aliphatic heterocycles. The Bertz CT molecular complexity index is 361. The second-order valence-electron chi connectivity index (χ2n) is 5.36. The van der Waals surface area contributed by atoms with Crippen molar-refractivity contribution in [2.75, 3.05) is 25.0 Å². The zero-order valence-electron chi connectivity index (χ0n) is 11.7. The lowest BCUT2D eigenvalue weighted by atomic mass is 9.85. The Kier molecular flexibility index (Phi) is 5.00. The highest BCUT2D eigenvalue weighted by molar-refractivity contribution is 5.51. The topological polar surface area (TPSA) is 28.2 Å². The van der Waals surface area contributed by atoms with Gasteiger partial charge in [0.2, 0.25) is 0 Å². The van der Waals surface area contributed by atoms with Crippen molar-refractivity contribution < 1.29 is 0 Å². The third-order valence-corrected chi connectivity index (χ3v) is 3.80. The van der Waals surface area contributed by atoms with Crippen molar-refractivity contribution >= 4 is 5.69 Å². The van der Waals surface area contributed by atoms with Gasteiger partial charge in [0, 0.05) is 26.3 Å². The first-order chi connectivity index (χ1) is 8.81. The smallest absolute Gasteiger partial charge is 0.0595 e. The van der Waals surface area contributed by atoms with Crippen molar-refractivity contribution in [1.29, 1.82) is 0 Å². The van der Waals surface area contributed by atoms with E-state index >= 15 is 0 Å². The third-order valence-electron chi connectivity index (χ3n) is 3.80. The number of rotatable bonds is 7. The Balaban J connectivity index is 1.96. The number of hydrogen-bond acceptors (Lipinski definition) is 3. The van der Waals surface area contributed by atoms with Gasteiger partial charge in [-0.1, -0.05) is 13.3 Å². The predicted octanol–water partition coefficient (Wildman–Crippen LogP) is 2.82. The number of anilines is 1. The van der Waals surface area contributed by atoms with E-state index in [1.807, 2.05) is 12.4 Å². The Hall–Kier alpha value is -1.09. The molecule has 0 bridgehead atoms. The highest BCUT2D eigenvalue weighted by Crippen LogP contribution is 2.29. The minimum Gasteiger partial charge on any atom is -0.373 e. The van der Waals surface area contributed by atoms with Crippen LogP contribution in [0.25, 0.3) is 0 Å². The Morgan fingerprint density at radius 2 is 2.28 bits per heavy atom. The number of aromatic nitrogens is 1. The molecule has 18 heavy (non-hydrogen) atoms. The molecule has 1 fully saturated rings. The largest absolute Gasteiger partial charge is 0.373 e. The van der Waals surface area contributed by atoms with E-state index in [9.17, 15) is 0 Å². The van der Waals surface area contributed by atoms with Crippen LogP contribution in [-0.4, -0.2) is 25.1 Å². The standard InChI is InChI=1S/C15H25N3/c1-3-8-16-10-14-7-9-17-11-15(14)18(2)12-13-5-4-6-13/h7,9,11,13,16H,3-6,8,10,12H2,1-2H3. The van der Waals surface area contributed by atoms with E-state index in [4.69, 9.17) is 0 Å². The van der Waals surface area contributed by atoms with Crippen molar-refractivity contribution in [2.45, 2.75) is 39.2 Å². The Morgan fingerprint density at radius 3 is 2.94 bits per heavy atom. The van der Waals surface area contributed by atoms with Crippen LogP contribution in [0.5, 0.6) is 0 Å². The van der Waals surface area contributed by atoms with Crippen molar-refractivity contribution in [3.05, 3.63) is 24.0 Å². The van der Waals surface area contributed by atoms with Crippen LogP contribution >= 0.6 is 0 Å². The van der Waals surface area contributed by atoms with Gasteiger partial charge in [0.15, 0.2) is 0 Å². The van der Waals surface area contributed by atoms with Gasteiger partial charge in [-0.2, -0.15) is 0 Å². The summed E-state index contributed by atoms with van der Waals surface area (Å²) in [6.45, 7) is 5.39. The van der Waals surface area contributed by atoms with Gasteiger partial charge < -0.3 is 10.2 Å². The molecule has 1 aromatic rings. The quantitative estimate of drug-likeness (QED) is 0.751. The summed E-state index contributed by atoms with van der Waals surface area (Å²) in [5.41, 5.74) is 2.65. The summed E-state index contributed by atoms with van der Waals surface area (Å²) in [6.07, 6.45) is 9.28. The summed E-state index contributed by atoms with van der Waals surface area (Å²) in [6, 6.07) is 2.13. The lowest BCUT2D eigenvalue weighted by Crippen LogP contribution is -2.30. The minimum absolute atomic E-state index is 0.895. The van der Waals surface area contributed by atoms with E-state index in [1.54, 1.807) is 0 Å². The summed E-state index contributed by atoms with van der Waals surface area (Å²) in [5.74, 6) is 0.895. The van der Waals surface area contributed by atoms with Crippen LogP contribution in [0.15, 0.2) is 18.5 Å². The summed E-state index contributed by atoms with van der Waals surface area (Å²) < 4.78 is 0. The third kappa shape index (κ3) is 3.45. The van der Waals surface area contributed by atoms with Crippen molar-refractivity contribution in [2.24, 2.45) is 5.92 Å². The van der Waals surface area contributed by atoms with Gasteiger partial charge in [0.25, 0.3) is 0 Å². The molecule has 2 rings (SSSR count). The molecule has 0 radical (unpaired) electrons. The fourth-order valence-corrected chi connectivity index (χ4v) is 2.47. The zero-order valence-corrected chi connectivity index (χ0v) is 11.7. The normalized spacial score (nSPS) is 15.4. The Morgan fingerprint density at radius 1 is 1.44 bits per heavy atom. The second-order valence-corrected chi connectivity index (χ2v) is 5.36. The summed E-state index contributed by atoms with van der Waals surface area (Å²) >= 11 is 0. The average Bonchev–Trinajstić information content (AvgIpc) is 2.34. The number of hydrogen-bond donors (Lipinski definition) is 1. The van der Waals surface area contributed by atoms with E-state index in [0.717, 1.165) is 19.0 Å². The SMILES string of the molecule is CCCNCc1ccncc1N(C)CC1CCC1. The minimum atomic E-state index is 0.895. The van der Waals surface area contributed by atoms with Crippen LogP contribution in [0, 0.1) is 5.92 Å². The lowest BCUT2D eigenvalue weighted by molar-refractivity contribution is 0.321. The van der Waals surface area contributed by atoms with E-state index in [0.29, 0.717) is 0 Å². The maximum Gasteiger partial charge on any atom is 0.0595 e. The molecule has 1 aromatic heterocycles. The molecule has 0 saturated heterocycles. The molecule has 3 heteroatoms. The van der Waals surface area contributed by atoms with Crippen molar-refractivity contribution in [3.8, 4) is 0 Å². The summed E-state index contributed by atoms with van der Waals surface area (Å²) in [4.78, 5) is 6.65. The highest BCUT2D eigenvalue weighted by atomic mass is 15.1. The molecule has 1 heterocycles. The van der Waals surface area contributed by atoms with Crippen LogP contribution in [0.3, 0.4) is 0 Å². The highest BCUT2D eigenvalue weighted by Gasteiger charge is 2.20. The van der Waals surface area contributed by atoms with E-state index in [1.165, 1.54) is 43.5 Å². The van der Waals surface area contributed by atoms with Crippen LogP contribution in [-0.2, 0) is 6.54 Å². The molecule has 0 atom stereocenters. The molecular formula is C15H25N3. The first-order valence-electron chi connectivity index (χ1n) is 7.16. The molecular weight excluding hydrogens is 222 g/mol. The van der Waals surface area contributed by atoms with Gasteiger partial charge in [-0.3, -0.25) is 4.98 Å². The van der Waals surface area contributed by atoms with Crippen molar-refractivity contribution in [3.63, 3.8) is 0 Å². The molecule has 0 amide bonds. The summed E-state index contributed by atoms with van der Waals surface area (Å²) in [7, 11) is 2.19. The van der Waals surface area contributed by atoms with Crippen molar-refractivity contribution in [1.82, 2.24) is 10.3 Å². The monoisotopic (exact) mass is 247 g/mol. The van der Waals surface area contributed by atoms with Crippen LogP contribution in [0.4, 0.5) is 5.69 Å². The molecule has 1 saturated carbocycles. The first-order valence-corrected chi connectivity index (χ1v) is 7.16. The second kappa shape index (κ2) is 6.74. The fourth-order valence-electron chi connectivity index (χ4n) is 2.47. The molecule has 3 nitrogen and oxygen atoms in total. The van der Waals surface area contributed by atoms with Gasteiger partial charge in [-0.15, -0.1) is 0 Å². The number of nitrogens with zero attached hydrogens (tertiary/aromatic N) is 2. The maximum atomic E-state index is 4.28. The molecule has 0 unspecified atom stereocenters. The molecule has 100 valence electrons. The Labute approximate surface area is 111 Å². The molecule has 1 aliphatic rings. The lowest BCUT2D eigenvalue weighted by Gasteiger charge is -2.32. The first kappa shape index (κ1) is 13.3. The van der Waals surface area contributed by atoms with Gasteiger partial charge in [0.1, 0.15) is 0 Å². The van der Waals surface area contributed by atoms with E-state index in [2.05, 4.69) is 35.2 Å². The van der Waals surface area contributed by atoms with E-state index < -0.39 is 0 Å². The fraction of sp³-hybridized carbons (Fsp3) is 0.667. The number of pyridine rings is 1. The van der Waals surface area contributed by atoms with Crippen LogP contribution in [0.2, 0.25) is 0 Å². The van der Waals surface area contributed by atoms with Crippen LogP contribution in [0.1, 0.15) is 38.2 Å². The van der Waals surface area contributed by atoms with Gasteiger partial charge in [0.05, 0.1) is 11.9 Å². The molecule has 0 aromatic carbocycles. The average molecular weight is 247 g/mol. The maximum absolute atomic E-state index is 4.28. The van der Waals surface area contributed by atoms with Gasteiger partial charge in [-0.25, -0.2) is 0 Å². The molecule has 0 spiro atoms. The number of nitrogens with one attached hydrogen (secondary N) is 1. The van der Waals surface area contributed by atoms with E-state index in [-0.39, 0.29) is 0 Å². The zero-order chi connectivity index (χ0) is 12.8. The molecule has 1 aliphatic carbocycles. The molecule has 1 N–H and O–H groups in total. The summed E-state index contributed by atoms with van der Waals surface area (Å²) in [5, 5.41) is 3.47. The van der Waals surface area contributed by atoms with Crippen LogP contribution < -0.4 is 10.2 Å². The van der Waals surface area contributed by atoms with Gasteiger partial charge in [-0.05, 0) is 43.4 Å². The van der Waals surface area contributed by atoms with Gasteiger partial charge >= 0.3 is 0 Å². The predicted molar refractivity (Wildman–Crippen MR) is 76.8 cm³/mol.